The average molecular weight is 494 g/mol. The summed E-state index contributed by atoms with van der Waals surface area (Å²) in [5, 5.41) is 2.95. The standard InChI is InChI=1S/C28H32FN3O4/c1-28(2)16-21(12-15-36-28)32-26(34)22-4-3-5-23(24(22)27(32)35)31-13-10-19(11-14-31)25(33)30-17-18-6-8-20(29)9-7-18/h3-9,19,21H,10-17H2,1-2H3,(H,30,33). The van der Waals surface area contributed by atoms with Gasteiger partial charge in [-0.05, 0) is 69.4 Å². The van der Waals surface area contributed by atoms with Crippen LogP contribution in [0.25, 0.3) is 0 Å². The van der Waals surface area contributed by atoms with E-state index in [0.717, 1.165) is 11.3 Å². The maximum atomic E-state index is 13.5. The Morgan fingerprint density at radius 3 is 2.47 bits per heavy atom. The second-order valence-corrected chi connectivity index (χ2v) is 10.5. The molecule has 2 fully saturated rings. The molecule has 2 aromatic rings. The molecule has 7 nitrogen and oxygen atoms in total. The van der Waals surface area contributed by atoms with Crippen molar-refractivity contribution in [1.82, 2.24) is 10.2 Å². The van der Waals surface area contributed by atoms with Crippen LogP contribution in [0, 0.1) is 11.7 Å². The summed E-state index contributed by atoms with van der Waals surface area (Å²) in [6, 6.07) is 11.4. The molecule has 1 atom stereocenters. The number of nitrogens with one attached hydrogen (secondary N) is 1. The van der Waals surface area contributed by atoms with Crippen molar-refractivity contribution in [3.05, 3.63) is 65.0 Å². The van der Waals surface area contributed by atoms with Crippen LogP contribution in [-0.2, 0) is 16.1 Å². The van der Waals surface area contributed by atoms with Crippen molar-refractivity contribution in [2.24, 2.45) is 5.92 Å². The Hall–Kier alpha value is -3.26. The van der Waals surface area contributed by atoms with Gasteiger partial charge in [-0.25, -0.2) is 4.39 Å². The van der Waals surface area contributed by atoms with Crippen molar-refractivity contribution < 1.29 is 23.5 Å². The number of hydrogen-bond donors (Lipinski definition) is 1. The van der Waals surface area contributed by atoms with E-state index in [0.29, 0.717) is 63.1 Å². The average Bonchev–Trinajstić information content (AvgIpc) is 3.13. The van der Waals surface area contributed by atoms with Gasteiger partial charge in [-0.3, -0.25) is 19.3 Å². The molecule has 36 heavy (non-hydrogen) atoms. The van der Waals surface area contributed by atoms with Crippen LogP contribution in [0.15, 0.2) is 42.5 Å². The summed E-state index contributed by atoms with van der Waals surface area (Å²) in [6.07, 6.45) is 2.56. The first-order chi connectivity index (χ1) is 17.2. The second-order valence-electron chi connectivity index (χ2n) is 10.5. The molecule has 1 unspecified atom stereocenters. The summed E-state index contributed by atoms with van der Waals surface area (Å²) in [5.41, 5.74) is 2.18. The number of anilines is 1. The zero-order valence-corrected chi connectivity index (χ0v) is 20.8. The van der Waals surface area contributed by atoms with Crippen molar-refractivity contribution in [2.45, 2.75) is 57.7 Å². The zero-order chi connectivity index (χ0) is 25.4. The number of nitrogens with zero attached hydrogens (tertiary/aromatic N) is 2. The topological polar surface area (TPSA) is 79.0 Å². The predicted molar refractivity (Wildman–Crippen MR) is 133 cm³/mol. The van der Waals surface area contributed by atoms with Crippen molar-refractivity contribution in [1.29, 1.82) is 0 Å². The number of carbonyl (C=O) groups is 3. The summed E-state index contributed by atoms with van der Waals surface area (Å²) >= 11 is 0. The van der Waals surface area contributed by atoms with Crippen LogP contribution in [0.5, 0.6) is 0 Å². The highest BCUT2D eigenvalue weighted by molar-refractivity contribution is 6.24. The van der Waals surface area contributed by atoms with E-state index in [2.05, 4.69) is 10.2 Å². The summed E-state index contributed by atoms with van der Waals surface area (Å²) < 4.78 is 18.9. The van der Waals surface area contributed by atoms with Crippen molar-refractivity contribution in [3.63, 3.8) is 0 Å². The van der Waals surface area contributed by atoms with E-state index in [4.69, 9.17) is 4.74 Å². The number of fused-ring (bicyclic) bond motifs is 1. The Kier molecular flexibility index (Phi) is 6.55. The smallest absolute Gasteiger partial charge is 0.263 e. The SMILES string of the molecule is CC1(C)CC(N2C(=O)c3cccc(N4CCC(C(=O)NCc5ccc(F)cc5)CC4)c3C2=O)CCO1. The van der Waals surface area contributed by atoms with Crippen LogP contribution in [0.3, 0.4) is 0 Å². The van der Waals surface area contributed by atoms with Crippen LogP contribution in [0.2, 0.25) is 0 Å². The lowest BCUT2D eigenvalue weighted by Gasteiger charge is -2.39. The number of ether oxygens (including phenoxy) is 1. The van der Waals surface area contributed by atoms with Crippen LogP contribution >= 0.6 is 0 Å². The van der Waals surface area contributed by atoms with Gasteiger partial charge in [0, 0.05) is 38.2 Å². The lowest BCUT2D eigenvalue weighted by molar-refractivity contribution is -0.125. The number of rotatable bonds is 5. The highest BCUT2D eigenvalue weighted by Crippen LogP contribution is 2.38. The molecule has 0 aliphatic carbocycles. The maximum Gasteiger partial charge on any atom is 0.263 e. The lowest BCUT2D eigenvalue weighted by Crippen LogP contribution is -2.48. The van der Waals surface area contributed by atoms with Crippen LogP contribution in [0.4, 0.5) is 10.1 Å². The van der Waals surface area contributed by atoms with E-state index in [1.807, 2.05) is 26.0 Å². The monoisotopic (exact) mass is 493 g/mol. The second kappa shape index (κ2) is 9.65. The van der Waals surface area contributed by atoms with E-state index in [9.17, 15) is 18.8 Å². The van der Waals surface area contributed by atoms with E-state index in [1.165, 1.54) is 17.0 Å². The first-order valence-corrected chi connectivity index (χ1v) is 12.7. The fourth-order valence-corrected chi connectivity index (χ4v) is 5.62. The normalized spacial score (nSPS) is 22.0. The quantitative estimate of drug-likeness (QED) is 0.639. The van der Waals surface area contributed by atoms with E-state index < -0.39 is 0 Å². The van der Waals surface area contributed by atoms with Gasteiger partial charge in [0.05, 0.1) is 22.4 Å². The summed E-state index contributed by atoms with van der Waals surface area (Å²) in [4.78, 5) is 43.1. The number of carbonyl (C=O) groups excluding carboxylic acids is 3. The van der Waals surface area contributed by atoms with Gasteiger partial charge < -0.3 is 15.0 Å². The number of amides is 3. The fraction of sp³-hybridized carbons (Fsp3) is 0.464. The molecule has 8 heteroatoms. The summed E-state index contributed by atoms with van der Waals surface area (Å²) in [7, 11) is 0. The molecule has 0 saturated carbocycles. The molecule has 0 radical (unpaired) electrons. The van der Waals surface area contributed by atoms with Gasteiger partial charge in [0.15, 0.2) is 0 Å². The molecule has 190 valence electrons. The highest BCUT2D eigenvalue weighted by Gasteiger charge is 2.45. The Balaban J connectivity index is 1.24. The molecule has 3 aliphatic rings. The first kappa shape index (κ1) is 24.4. The van der Waals surface area contributed by atoms with E-state index in [1.54, 1.807) is 18.2 Å². The van der Waals surface area contributed by atoms with E-state index >= 15 is 0 Å². The van der Waals surface area contributed by atoms with Crippen LogP contribution < -0.4 is 10.2 Å². The van der Waals surface area contributed by atoms with Crippen molar-refractivity contribution in [2.75, 3.05) is 24.6 Å². The molecule has 3 aliphatic heterocycles. The summed E-state index contributed by atoms with van der Waals surface area (Å²) in [5.74, 6) is -0.902. The minimum Gasteiger partial charge on any atom is -0.375 e. The number of benzene rings is 2. The van der Waals surface area contributed by atoms with Gasteiger partial charge in [-0.2, -0.15) is 0 Å². The Morgan fingerprint density at radius 2 is 1.78 bits per heavy atom. The lowest BCUT2D eigenvalue weighted by atomic mass is 9.93. The molecule has 0 spiro atoms. The third kappa shape index (κ3) is 4.74. The fourth-order valence-electron chi connectivity index (χ4n) is 5.62. The molecule has 3 heterocycles. The van der Waals surface area contributed by atoms with Crippen LogP contribution in [-0.4, -0.2) is 54.0 Å². The highest BCUT2D eigenvalue weighted by atomic mass is 19.1. The van der Waals surface area contributed by atoms with Gasteiger partial charge in [0.1, 0.15) is 5.82 Å². The molecule has 0 bridgehead atoms. The van der Waals surface area contributed by atoms with E-state index in [-0.39, 0.29) is 41.1 Å². The predicted octanol–water partition coefficient (Wildman–Crippen LogP) is 3.91. The maximum absolute atomic E-state index is 13.5. The Morgan fingerprint density at radius 1 is 1.06 bits per heavy atom. The van der Waals surface area contributed by atoms with Gasteiger partial charge in [-0.1, -0.05) is 18.2 Å². The molecule has 2 aromatic carbocycles. The molecule has 2 saturated heterocycles. The molecule has 1 N–H and O–H groups in total. The number of halogens is 1. The molecule has 3 amide bonds. The van der Waals surface area contributed by atoms with Crippen molar-refractivity contribution >= 4 is 23.4 Å². The first-order valence-electron chi connectivity index (χ1n) is 12.7. The Bertz CT molecular complexity index is 1170. The minimum atomic E-state index is -0.375. The molecular weight excluding hydrogens is 461 g/mol. The van der Waals surface area contributed by atoms with Gasteiger partial charge >= 0.3 is 0 Å². The number of hydrogen-bond acceptors (Lipinski definition) is 5. The third-order valence-corrected chi connectivity index (χ3v) is 7.55. The van der Waals surface area contributed by atoms with Crippen LogP contribution in [0.1, 0.15) is 65.8 Å². The number of imide groups is 1. The molecular formula is C28H32FN3O4. The zero-order valence-electron chi connectivity index (χ0n) is 20.8. The largest absolute Gasteiger partial charge is 0.375 e. The molecule has 0 aromatic heterocycles. The number of piperidine rings is 1. The van der Waals surface area contributed by atoms with Gasteiger partial charge in [0.25, 0.3) is 11.8 Å². The molecule has 5 rings (SSSR count). The van der Waals surface area contributed by atoms with Gasteiger partial charge in [0.2, 0.25) is 5.91 Å². The minimum absolute atomic E-state index is 0.0168. The van der Waals surface area contributed by atoms with Gasteiger partial charge in [-0.15, -0.1) is 0 Å². The summed E-state index contributed by atoms with van der Waals surface area (Å²) in [6.45, 7) is 6.11. The third-order valence-electron chi connectivity index (χ3n) is 7.55. The Labute approximate surface area is 210 Å². The van der Waals surface area contributed by atoms with Crippen molar-refractivity contribution in [3.8, 4) is 0 Å².